The van der Waals surface area contributed by atoms with Crippen molar-refractivity contribution in [1.29, 1.82) is 0 Å². The third kappa shape index (κ3) is 5.52. The lowest BCUT2D eigenvalue weighted by atomic mass is 9.75. The van der Waals surface area contributed by atoms with E-state index in [0.717, 1.165) is 0 Å². The second-order valence-electron chi connectivity index (χ2n) is 11.6. The van der Waals surface area contributed by atoms with Crippen LogP contribution in [-0.4, -0.2) is 206 Å². The molecule has 4 heterocycles. The molecule has 19 nitrogen and oxygen atoms in total. The summed E-state index contributed by atoms with van der Waals surface area (Å²) in [6.45, 7) is 0.489. The molecular formula is C24H42O19. The van der Waals surface area contributed by atoms with Gasteiger partial charge in [-0.2, -0.15) is 0 Å². The maximum atomic E-state index is 11.8. The van der Waals surface area contributed by atoms with Crippen LogP contribution in [0.1, 0.15) is 13.8 Å². The highest BCUT2D eigenvalue weighted by molar-refractivity contribution is 5.13. The summed E-state index contributed by atoms with van der Waals surface area (Å²) >= 11 is 0. The standard InChI is InChI=1S/C24H42O19/c1-5-9(27)12(30)14(32)19(39-5)23(37)18(35)16(8(4-26)41-21(23)36)43-22-24(38,17(34)11(29)7(3-25)42-22)20-15(33)13(31)10(28)6(2)40-20/h5-22,25-38H,3-4H2,1-2H3/t5-,6-,7+,8+,9+,10+,11-,12+,13+,14-,15-,16+,17-,18-,19?,20?,21?,22-,23-,24-/m0/s1. The zero-order valence-corrected chi connectivity index (χ0v) is 23.1. The maximum Gasteiger partial charge on any atom is 0.192 e. The predicted octanol–water partition coefficient (Wildman–Crippen LogP) is -8.92. The number of ether oxygens (including phenoxy) is 5. The molecule has 4 saturated heterocycles. The van der Waals surface area contributed by atoms with Crippen molar-refractivity contribution in [2.24, 2.45) is 0 Å². The fourth-order valence-corrected chi connectivity index (χ4v) is 6.15. The predicted molar refractivity (Wildman–Crippen MR) is 131 cm³/mol. The summed E-state index contributed by atoms with van der Waals surface area (Å²) < 4.78 is 27.3. The van der Waals surface area contributed by atoms with E-state index in [2.05, 4.69) is 0 Å². The van der Waals surface area contributed by atoms with Crippen LogP contribution in [0.4, 0.5) is 0 Å². The number of aliphatic hydroxyl groups is 14. The molecule has 0 aromatic rings. The summed E-state index contributed by atoms with van der Waals surface area (Å²) in [6.07, 6.45) is -35.4. The maximum absolute atomic E-state index is 11.8. The fourth-order valence-electron chi connectivity index (χ4n) is 6.15. The molecule has 0 radical (unpaired) electrons. The number of aliphatic hydroxyl groups excluding tert-OH is 12. The van der Waals surface area contributed by atoms with Gasteiger partial charge in [0.25, 0.3) is 0 Å². The zero-order chi connectivity index (χ0) is 32.3. The number of rotatable bonds is 6. The Morgan fingerprint density at radius 1 is 0.535 bits per heavy atom. The van der Waals surface area contributed by atoms with Crippen LogP contribution < -0.4 is 0 Å². The molecule has 0 amide bonds. The first-order chi connectivity index (χ1) is 20.0. The summed E-state index contributed by atoms with van der Waals surface area (Å²) in [5, 5.41) is 149. The lowest BCUT2D eigenvalue weighted by Crippen LogP contribution is -2.79. The van der Waals surface area contributed by atoms with Crippen LogP contribution in [0.5, 0.6) is 0 Å². The molecule has 0 aliphatic carbocycles. The molecule has 4 fully saturated rings. The Bertz CT molecular complexity index is 946. The molecule has 4 aliphatic heterocycles. The molecule has 0 bridgehead atoms. The smallest absolute Gasteiger partial charge is 0.192 e. The van der Waals surface area contributed by atoms with Gasteiger partial charge >= 0.3 is 0 Å². The van der Waals surface area contributed by atoms with Crippen LogP contribution in [0.15, 0.2) is 0 Å². The molecule has 20 atom stereocenters. The molecule has 43 heavy (non-hydrogen) atoms. The van der Waals surface area contributed by atoms with Crippen LogP contribution in [0.2, 0.25) is 0 Å². The monoisotopic (exact) mass is 634 g/mol. The van der Waals surface area contributed by atoms with E-state index in [-0.39, 0.29) is 0 Å². The summed E-state index contributed by atoms with van der Waals surface area (Å²) in [5.74, 6) is 0. The molecule has 14 N–H and O–H groups in total. The van der Waals surface area contributed by atoms with E-state index in [1.807, 2.05) is 0 Å². The van der Waals surface area contributed by atoms with Gasteiger partial charge in [0, 0.05) is 0 Å². The molecule has 0 aromatic carbocycles. The Hall–Kier alpha value is -0.760. The van der Waals surface area contributed by atoms with Gasteiger partial charge < -0.3 is 95.2 Å². The van der Waals surface area contributed by atoms with Gasteiger partial charge in [0.2, 0.25) is 0 Å². The van der Waals surface area contributed by atoms with Crippen molar-refractivity contribution in [3.05, 3.63) is 0 Å². The topological polar surface area (TPSA) is 329 Å². The van der Waals surface area contributed by atoms with Gasteiger partial charge in [0.15, 0.2) is 23.8 Å². The highest BCUT2D eigenvalue weighted by Gasteiger charge is 2.68. The Kier molecular flexibility index (Phi) is 10.4. The molecule has 0 spiro atoms. The molecular weight excluding hydrogens is 592 g/mol. The summed E-state index contributed by atoms with van der Waals surface area (Å²) in [7, 11) is 0. The van der Waals surface area contributed by atoms with E-state index in [1.54, 1.807) is 0 Å². The first kappa shape index (κ1) is 35.1. The number of hydrogen-bond acceptors (Lipinski definition) is 19. The van der Waals surface area contributed by atoms with Crippen molar-refractivity contribution in [1.82, 2.24) is 0 Å². The molecule has 4 aliphatic rings. The summed E-state index contributed by atoms with van der Waals surface area (Å²) in [4.78, 5) is 0. The van der Waals surface area contributed by atoms with Crippen molar-refractivity contribution in [3.63, 3.8) is 0 Å². The van der Waals surface area contributed by atoms with Crippen molar-refractivity contribution in [3.8, 4) is 0 Å². The first-order valence-corrected chi connectivity index (χ1v) is 13.7. The quantitative estimate of drug-likeness (QED) is 0.129. The van der Waals surface area contributed by atoms with E-state index in [9.17, 15) is 71.5 Å². The Morgan fingerprint density at radius 2 is 1.00 bits per heavy atom. The molecule has 19 heteroatoms. The fraction of sp³-hybridized carbons (Fsp3) is 1.00. The van der Waals surface area contributed by atoms with E-state index < -0.39 is 135 Å². The molecule has 3 unspecified atom stereocenters. The minimum Gasteiger partial charge on any atom is -0.394 e. The van der Waals surface area contributed by atoms with Gasteiger partial charge in [-0.1, -0.05) is 0 Å². The normalized spacial score (nSPS) is 58.3. The molecule has 0 aromatic heterocycles. The summed E-state index contributed by atoms with van der Waals surface area (Å²) in [6, 6.07) is 0. The van der Waals surface area contributed by atoms with E-state index >= 15 is 0 Å². The second kappa shape index (κ2) is 12.8. The molecule has 252 valence electrons. The van der Waals surface area contributed by atoms with Crippen LogP contribution in [0.3, 0.4) is 0 Å². The Balaban J connectivity index is 1.73. The van der Waals surface area contributed by atoms with Gasteiger partial charge in [-0.15, -0.1) is 0 Å². The minimum atomic E-state index is -3.08. The largest absolute Gasteiger partial charge is 0.394 e. The van der Waals surface area contributed by atoms with Gasteiger partial charge in [-0.25, -0.2) is 0 Å². The third-order valence-electron chi connectivity index (χ3n) is 8.96. The van der Waals surface area contributed by atoms with Gasteiger partial charge in [0.05, 0.1) is 25.4 Å². The Morgan fingerprint density at radius 3 is 1.47 bits per heavy atom. The van der Waals surface area contributed by atoms with Crippen LogP contribution >= 0.6 is 0 Å². The van der Waals surface area contributed by atoms with Gasteiger partial charge in [-0.05, 0) is 13.8 Å². The van der Waals surface area contributed by atoms with E-state index in [1.165, 1.54) is 13.8 Å². The molecule has 4 rings (SSSR count). The van der Waals surface area contributed by atoms with Crippen molar-refractivity contribution in [2.75, 3.05) is 13.2 Å². The highest BCUT2D eigenvalue weighted by Crippen LogP contribution is 2.43. The van der Waals surface area contributed by atoms with Crippen LogP contribution in [0.25, 0.3) is 0 Å². The van der Waals surface area contributed by atoms with Crippen molar-refractivity contribution >= 4 is 0 Å². The summed E-state index contributed by atoms with van der Waals surface area (Å²) in [5.41, 5.74) is -6.16. The average molecular weight is 635 g/mol. The van der Waals surface area contributed by atoms with Gasteiger partial charge in [-0.3, -0.25) is 0 Å². The van der Waals surface area contributed by atoms with Crippen LogP contribution in [0, 0.1) is 0 Å². The van der Waals surface area contributed by atoms with Crippen molar-refractivity contribution < 1.29 is 95.2 Å². The first-order valence-electron chi connectivity index (χ1n) is 13.7. The second-order valence-corrected chi connectivity index (χ2v) is 11.6. The SMILES string of the molecule is C[C@@H]1OC([C@]2(O)C(O)O[C@H](CO)[C@@H](O[C@@H]3O[C@H](CO)[C@H](O)[C@H](O)[C@]3(O)C3O[C@@H](C)[C@@H](O)[C@@H](O)[C@@H]3O)[C@@H]2O)[C@@H](O)[C@H](O)[C@@H]1O. The minimum absolute atomic E-state index is 0.976. The lowest BCUT2D eigenvalue weighted by molar-refractivity contribution is -0.423. The molecule has 0 saturated carbocycles. The highest BCUT2D eigenvalue weighted by atomic mass is 16.7. The Labute approximate surface area is 244 Å². The third-order valence-corrected chi connectivity index (χ3v) is 8.96. The van der Waals surface area contributed by atoms with E-state index in [4.69, 9.17) is 23.7 Å². The van der Waals surface area contributed by atoms with Crippen molar-refractivity contribution in [2.45, 2.75) is 135 Å². The average Bonchev–Trinajstić information content (AvgIpc) is 2.98. The lowest BCUT2D eigenvalue weighted by Gasteiger charge is -2.57. The van der Waals surface area contributed by atoms with E-state index in [0.29, 0.717) is 0 Å². The van der Waals surface area contributed by atoms with Crippen LogP contribution in [-0.2, 0) is 23.7 Å². The van der Waals surface area contributed by atoms with Gasteiger partial charge in [0.1, 0.15) is 85.5 Å². The zero-order valence-electron chi connectivity index (χ0n) is 23.1. The number of hydrogen-bond donors (Lipinski definition) is 14.